The van der Waals surface area contributed by atoms with Gasteiger partial charge in [-0.15, -0.1) is 24.0 Å². The van der Waals surface area contributed by atoms with Crippen molar-refractivity contribution in [2.75, 3.05) is 58.3 Å². The number of aliphatic imine (C=N–C) groups is 1. The molecule has 146 valence electrons. The molecule has 1 aromatic carbocycles. The number of hydrogen-bond donors (Lipinski definition) is 3. The number of ether oxygens (including phenoxy) is 1. The third kappa shape index (κ3) is 8.19. The standard InChI is InChI=1S/C17H26BrN5O2.HI/c1-13-3-4-14(18)11-15(13)22-16(24)12-21-17(19-2)20-5-6-23-7-9-25-10-8-23;/h3-4,11H,5-10,12H2,1-2H3,(H,22,24)(H2,19,20,21);1H. The van der Waals surface area contributed by atoms with Crippen LogP contribution in [0.25, 0.3) is 0 Å². The van der Waals surface area contributed by atoms with E-state index in [0.29, 0.717) is 5.96 Å². The van der Waals surface area contributed by atoms with Gasteiger partial charge in [0.1, 0.15) is 0 Å². The van der Waals surface area contributed by atoms with E-state index in [9.17, 15) is 4.79 Å². The molecule has 1 fully saturated rings. The SMILES string of the molecule is CN=C(NCCN1CCOCC1)NCC(=O)Nc1cc(Br)ccc1C.I. The van der Waals surface area contributed by atoms with Crippen LogP contribution in [0.15, 0.2) is 27.7 Å². The maximum Gasteiger partial charge on any atom is 0.243 e. The normalized spacial score (nSPS) is 15.1. The van der Waals surface area contributed by atoms with Crippen molar-refractivity contribution in [2.45, 2.75) is 6.92 Å². The highest BCUT2D eigenvalue weighted by Crippen LogP contribution is 2.20. The summed E-state index contributed by atoms with van der Waals surface area (Å²) in [5.74, 6) is 0.506. The van der Waals surface area contributed by atoms with Crippen LogP contribution in [-0.2, 0) is 9.53 Å². The second-order valence-corrected chi connectivity index (χ2v) is 6.73. The molecule has 2 rings (SSSR count). The molecule has 7 nitrogen and oxygen atoms in total. The average Bonchev–Trinajstić information content (AvgIpc) is 2.62. The molecular formula is C17H27BrIN5O2. The number of nitrogens with one attached hydrogen (secondary N) is 3. The Labute approximate surface area is 180 Å². The summed E-state index contributed by atoms with van der Waals surface area (Å²) >= 11 is 3.41. The highest BCUT2D eigenvalue weighted by Gasteiger charge is 2.10. The molecular weight excluding hydrogens is 513 g/mol. The average molecular weight is 540 g/mol. The molecule has 1 aromatic rings. The Bertz CT molecular complexity index is 609. The number of anilines is 1. The van der Waals surface area contributed by atoms with E-state index in [-0.39, 0.29) is 36.4 Å². The predicted octanol–water partition coefficient (Wildman–Crippen LogP) is 1.81. The number of carbonyl (C=O) groups excluding carboxylic acids is 1. The summed E-state index contributed by atoms with van der Waals surface area (Å²) in [5.41, 5.74) is 1.82. The lowest BCUT2D eigenvalue weighted by molar-refractivity contribution is -0.115. The minimum absolute atomic E-state index is 0. The van der Waals surface area contributed by atoms with E-state index in [2.05, 4.69) is 41.8 Å². The van der Waals surface area contributed by atoms with Gasteiger partial charge < -0.3 is 20.7 Å². The van der Waals surface area contributed by atoms with Crippen LogP contribution in [0.3, 0.4) is 0 Å². The summed E-state index contributed by atoms with van der Waals surface area (Å²) in [4.78, 5) is 18.6. The Morgan fingerprint density at radius 2 is 2.04 bits per heavy atom. The van der Waals surface area contributed by atoms with Gasteiger partial charge in [-0.3, -0.25) is 14.7 Å². The van der Waals surface area contributed by atoms with Crippen LogP contribution in [0, 0.1) is 6.92 Å². The van der Waals surface area contributed by atoms with Crippen molar-refractivity contribution in [1.29, 1.82) is 0 Å². The largest absolute Gasteiger partial charge is 0.379 e. The van der Waals surface area contributed by atoms with Crippen molar-refractivity contribution >= 4 is 57.5 Å². The van der Waals surface area contributed by atoms with Crippen molar-refractivity contribution in [1.82, 2.24) is 15.5 Å². The van der Waals surface area contributed by atoms with Crippen molar-refractivity contribution in [2.24, 2.45) is 4.99 Å². The van der Waals surface area contributed by atoms with Crippen molar-refractivity contribution in [3.05, 3.63) is 28.2 Å². The molecule has 0 spiro atoms. The molecule has 0 radical (unpaired) electrons. The third-order valence-electron chi connectivity index (χ3n) is 3.94. The van der Waals surface area contributed by atoms with E-state index < -0.39 is 0 Å². The van der Waals surface area contributed by atoms with Crippen LogP contribution >= 0.6 is 39.9 Å². The van der Waals surface area contributed by atoms with Gasteiger partial charge in [0.2, 0.25) is 5.91 Å². The maximum atomic E-state index is 12.1. The lowest BCUT2D eigenvalue weighted by Crippen LogP contribution is -2.45. The summed E-state index contributed by atoms with van der Waals surface area (Å²) < 4.78 is 6.26. The number of aryl methyl sites for hydroxylation is 1. The molecule has 0 atom stereocenters. The first kappa shape index (κ1) is 23.1. The fourth-order valence-corrected chi connectivity index (χ4v) is 2.83. The number of benzene rings is 1. The quantitative estimate of drug-likeness (QED) is 0.292. The molecule has 1 aliphatic heterocycles. The lowest BCUT2D eigenvalue weighted by Gasteiger charge is -2.26. The van der Waals surface area contributed by atoms with Crippen LogP contribution in [0.2, 0.25) is 0 Å². The molecule has 26 heavy (non-hydrogen) atoms. The first-order chi connectivity index (χ1) is 12.1. The van der Waals surface area contributed by atoms with E-state index in [4.69, 9.17) is 4.74 Å². The molecule has 1 amide bonds. The molecule has 0 unspecified atom stereocenters. The fraction of sp³-hybridized carbons (Fsp3) is 0.529. The van der Waals surface area contributed by atoms with Gasteiger partial charge in [0.25, 0.3) is 0 Å². The van der Waals surface area contributed by atoms with Crippen LogP contribution in [-0.4, -0.2) is 69.8 Å². The molecule has 9 heteroatoms. The van der Waals surface area contributed by atoms with Gasteiger partial charge >= 0.3 is 0 Å². The highest BCUT2D eigenvalue weighted by molar-refractivity contribution is 14.0. The summed E-state index contributed by atoms with van der Waals surface area (Å²) in [6.45, 7) is 7.32. The summed E-state index contributed by atoms with van der Waals surface area (Å²) in [5, 5.41) is 9.16. The molecule has 0 saturated carbocycles. The zero-order valence-corrected chi connectivity index (χ0v) is 19.1. The molecule has 0 bridgehead atoms. The maximum absolute atomic E-state index is 12.1. The van der Waals surface area contributed by atoms with Gasteiger partial charge in [-0.05, 0) is 24.6 Å². The second kappa shape index (κ2) is 12.5. The molecule has 0 aromatic heterocycles. The predicted molar refractivity (Wildman–Crippen MR) is 120 cm³/mol. The van der Waals surface area contributed by atoms with Crippen LogP contribution < -0.4 is 16.0 Å². The molecule has 1 aliphatic rings. The van der Waals surface area contributed by atoms with E-state index in [1.807, 2.05) is 25.1 Å². The Morgan fingerprint density at radius 1 is 1.31 bits per heavy atom. The number of halogens is 2. The molecule has 3 N–H and O–H groups in total. The molecule has 0 aliphatic carbocycles. The second-order valence-electron chi connectivity index (χ2n) is 5.81. The van der Waals surface area contributed by atoms with Crippen molar-refractivity contribution < 1.29 is 9.53 Å². The Hall–Kier alpha value is -0.910. The number of amides is 1. The van der Waals surface area contributed by atoms with Crippen molar-refractivity contribution in [3.63, 3.8) is 0 Å². The monoisotopic (exact) mass is 539 g/mol. The van der Waals surface area contributed by atoms with Gasteiger partial charge in [-0.1, -0.05) is 22.0 Å². The highest BCUT2D eigenvalue weighted by atomic mass is 127. The smallest absolute Gasteiger partial charge is 0.243 e. The van der Waals surface area contributed by atoms with E-state index in [0.717, 1.165) is 55.1 Å². The lowest BCUT2D eigenvalue weighted by atomic mass is 10.2. The molecule has 1 heterocycles. The minimum Gasteiger partial charge on any atom is -0.379 e. The minimum atomic E-state index is -0.114. The van der Waals surface area contributed by atoms with E-state index in [1.165, 1.54) is 0 Å². The number of guanidine groups is 1. The molecule has 1 saturated heterocycles. The van der Waals surface area contributed by atoms with Crippen LogP contribution in [0.1, 0.15) is 5.56 Å². The van der Waals surface area contributed by atoms with Gasteiger partial charge in [0, 0.05) is 43.4 Å². The third-order valence-corrected chi connectivity index (χ3v) is 4.43. The summed E-state index contributed by atoms with van der Waals surface area (Å²) in [6, 6.07) is 5.80. The van der Waals surface area contributed by atoms with Gasteiger partial charge in [-0.2, -0.15) is 0 Å². The number of nitrogens with zero attached hydrogens (tertiary/aromatic N) is 2. The van der Waals surface area contributed by atoms with Crippen molar-refractivity contribution in [3.8, 4) is 0 Å². The Kier molecular flexibility index (Phi) is 11.1. The first-order valence-electron chi connectivity index (χ1n) is 8.39. The van der Waals surface area contributed by atoms with Gasteiger partial charge in [0.15, 0.2) is 5.96 Å². The topological polar surface area (TPSA) is 78.0 Å². The number of hydrogen-bond acceptors (Lipinski definition) is 4. The van der Waals surface area contributed by atoms with Gasteiger partial charge in [-0.25, -0.2) is 0 Å². The van der Waals surface area contributed by atoms with Crippen LogP contribution in [0.5, 0.6) is 0 Å². The first-order valence-corrected chi connectivity index (χ1v) is 9.18. The number of rotatable bonds is 6. The van der Waals surface area contributed by atoms with Gasteiger partial charge in [0.05, 0.1) is 19.8 Å². The summed E-state index contributed by atoms with van der Waals surface area (Å²) in [7, 11) is 1.69. The van der Waals surface area contributed by atoms with Crippen LogP contribution in [0.4, 0.5) is 5.69 Å². The zero-order chi connectivity index (χ0) is 18.1. The van der Waals surface area contributed by atoms with E-state index >= 15 is 0 Å². The zero-order valence-electron chi connectivity index (χ0n) is 15.2. The number of carbonyl (C=O) groups is 1. The summed E-state index contributed by atoms with van der Waals surface area (Å²) in [6.07, 6.45) is 0. The van der Waals surface area contributed by atoms with E-state index in [1.54, 1.807) is 7.05 Å². The fourth-order valence-electron chi connectivity index (χ4n) is 2.47. The Balaban J connectivity index is 0.00000338. The Morgan fingerprint density at radius 3 is 2.73 bits per heavy atom. The number of morpholine rings is 1.